The van der Waals surface area contributed by atoms with E-state index in [2.05, 4.69) is 9.97 Å². The van der Waals surface area contributed by atoms with E-state index in [1.54, 1.807) is 42.4 Å². The maximum absolute atomic E-state index is 13.5. The van der Waals surface area contributed by atoms with Gasteiger partial charge in [-0.2, -0.15) is 13.2 Å². The molecule has 7 nitrogen and oxygen atoms in total. The van der Waals surface area contributed by atoms with Crippen LogP contribution in [0.5, 0.6) is 0 Å². The summed E-state index contributed by atoms with van der Waals surface area (Å²) in [6.07, 6.45) is 0.858. The summed E-state index contributed by atoms with van der Waals surface area (Å²) >= 11 is 0. The summed E-state index contributed by atoms with van der Waals surface area (Å²) in [4.78, 5) is 22.4. The molecule has 1 saturated carbocycles. The number of carbonyl (C=O) groups excluding carboxylic acids is 1. The molecule has 1 aliphatic carbocycles. The lowest BCUT2D eigenvalue weighted by molar-refractivity contribution is -0.147. The van der Waals surface area contributed by atoms with Gasteiger partial charge in [-0.15, -0.1) is 0 Å². The summed E-state index contributed by atoms with van der Waals surface area (Å²) in [6.45, 7) is 1.90. The molecule has 0 spiro atoms. The van der Waals surface area contributed by atoms with Crippen molar-refractivity contribution in [3.8, 4) is 0 Å². The fourth-order valence-electron chi connectivity index (χ4n) is 4.87. The summed E-state index contributed by atoms with van der Waals surface area (Å²) in [5, 5.41) is 11.0. The number of hydrogen-bond donors (Lipinski definition) is 1. The number of imidazole rings is 2. The van der Waals surface area contributed by atoms with Crippen molar-refractivity contribution in [1.29, 1.82) is 0 Å². The molecule has 4 rings (SSSR count). The third-order valence-electron chi connectivity index (χ3n) is 6.58. The molecule has 1 fully saturated rings. The van der Waals surface area contributed by atoms with Crippen LogP contribution in [0.15, 0.2) is 36.7 Å². The van der Waals surface area contributed by atoms with Gasteiger partial charge in [-0.05, 0) is 44.7 Å². The van der Waals surface area contributed by atoms with E-state index in [0.717, 1.165) is 23.2 Å². The van der Waals surface area contributed by atoms with Crippen LogP contribution < -0.4 is 0 Å². The zero-order chi connectivity index (χ0) is 23.8. The average Bonchev–Trinajstić information content (AvgIpc) is 3.37. The first kappa shape index (κ1) is 23.3. The molecular weight excluding hydrogens is 435 g/mol. The lowest BCUT2D eigenvalue weighted by atomic mass is 9.86. The highest BCUT2D eigenvalue weighted by molar-refractivity contribution is 5.77. The van der Waals surface area contributed by atoms with Gasteiger partial charge < -0.3 is 19.1 Å². The molecule has 1 N–H and O–H groups in total. The quantitative estimate of drug-likeness (QED) is 0.601. The van der Waals surface area contributed by atoms with Crippen LogP contribution in [-0.4, -0.2) is 54.2 Å². The number of rotatable bonds is 6. The second-order valence-corrected chi connectivity index (χ2v) is 8.62. The van der Waals surface area contributed by atoms with Crippen molar-refractivity contribution in [2.75, 3.05) is 7.05 Å². The van der Waals surface area contributed by atoms with Gasteiger partial charge in [0.25, 0.3) is 0 Å². The Morgan fingerprint density at radius 2 is 2.03 bits per heavy atom. The molecule has 0 unspecified atom stereocenters. The molecule has 2 heterocycles. The molecule has 33 heavy (non-hydrogen) atoms. The normalized spacial score (nSPS) is 21.5. The van der Waals surface area contributed by atoms with Crippen LogP contribution in [0.4, 0.5) is 13.2 Å². The number of halogens is 3. The van der Waals surface area contributed by atoms with Crippen molar-refractivity contribution in [1.82, 2.24) is 24.0 Å². The van der Waals surface area contributed by atoms with Crippen LogP contribution in [0.25, 0.3) is 11.0 Å². The second kappa shape index (κ2) is 9.17. The van der Waals surface area contributed by atoms with Crippen molar-refractivity contribution in [2.45, 2.75) is 69.9 Å². The van der Waals surface area contributed by atoms with Crippen molar-refractivity contribution < 1.29 is 23.1 Å². The van der Waals surface area contributed by atoms with Crippen LogP contribution >= 0.6 is 0 Å². The van der Waals surface area contributed by atoms with Crippen LogP contribution in [0.1, 0.15) is 49.8 Å². The van der Waals surface area contributed by atoms with E-state index in [1.807, 2.05) is 17.7 Å². The Morgan fingerprint density at radius 3 is 2.73 bits per heavy atom. The molecule has 0 radical (unpaired) electrons. The number of aliphatic hydroxyl groups excluding tert-OH is 1. The maximum Gasteiger partial charge on any atom is 0.449 e. The van der Waals surface area contributed by atoms with Crippen molar-refractivity contribution in [3.05, 3.63) is 48.3 Å². The number of carbonyl (C=O) groups is 1. The third-order valence-corrected chi connectivity index (χ3v) is 6.58. The number of hydrogen-bond acceptors (Lipinski definition) is 4. The van der Waals surface area contributed by atoms with E-state index in [4.69, 9.17) is 0 Å². The first-order valence-electron chi connectivity index (χ1n) is 11.1. The van der Waals surface area contributed by atoms with E-state index in [-0.39, 0.29) is 42.9 Å². The number of amides is 1. The number of alkyl halides is 3. The van der Waals surface area contributed by atoms with Gasteiger partial charge in [0.1, 0.15) is 5.82 Å². The van der Waals surface area contributed by atoms with Crippen LogP contribution in [-0.2, 0) is 17.5 Å². The van der Waals surface area contributed by atoms with E-state index in [9.17, 15) is 23.1 Å². The number of para-hydroxylation sites is 2. The minimum atomic E-state index is -4.58. The number of fused-ring (bicyclic) bond motifs is 1. The van der Waals surface area contributed by atoms with Gasteiger partial charge in [0.05, 0.1) is 29.2 Å². The predicted molar refractivity (Wildman–Crippen MR) is 116 cm³/mol. The Balaban J connectivity index is 1.42. The Labute approximate surface area is 189 Å². The van der Waals surface area contributed by atoms with E-state index in [1.165, 1.54) is 0 Å². The molecule has 1 aromatic carbocycles. The van der Waals surface area contributed by atoms with Gasteiger partial charge in [0.2, 0.25) is 11.7 Å². The molecule has 1 aliphatic rings. The van der Waals surface area contributed by atoms with Crippen molar-refractivity contribution >= 4 is 16.9 Å². The lowest BCUT2D eigenvalue weighted by Crippen LogP contribution is -2.50. The second-order valence-electron chi connectivity index (χ2n) is 8.62. The van der Waals surface area contributed by atoms with Crippen LogP contribution in [0, 0.1) is 6.92 Å². The van der Waals surface area contributed by atoms with Gasteiger partial charge >= 0.3 is 6.18 Å². The van der Waals surface area contributed by atoms with E-state index in [0.29, 0.717) is 11.9 Å². The summed E-state index contributed by atoms with van der Waals surface area (Å²) in [6, 6.07) is 5.95. The first-order valence-corrected chi connectivity index (χ1v) is 11.1. The minimum absolute atomic E-state index is 0.0268. The molecule has 2 aromatic heterocycles. The molecule has 178 valence electrons. The zero-order valence-electron chi connectivity index (χ0n) is 18.7. The zero-order valence-corrected chi connectivity index (χ0v) is 18.7. The van der Waals surface area contributed by atoms with Crippen LogP contribution in [0.2, 0.25) is 0 Å². The highest BCUT2D eigenvalue weighted by atomic mass is 19.4. The van der Waals surface area contributed by atoms with Crippen molar-refractivity contribution in [3.63, 3.8) is 0 Å². The smallest absolute Gasteiger partial charge is 0.389 e. The van der Waals surface area contributed by atoms with Gasteiger partial charge in [0, 0.05) is 32.4 Å². The predicted octanol–water partition coefficient (Wildman–Crippen LogP) is 3.95. The molecule has 3 atom stereocenters. The fourth-order valence-corrected chi connectivity index (χ4v) is 4.87. The van der Waals surface area contributed by atoms with Crippen molar-refractivity contribution in [2.24, 2.45) is 0 Å². The summed E-state index contributed by atoms with van der Waals surface area (Å²) in [5.74, 6) is -0.340. The number of aryl methyl sites for hydroxylation is 2. The Hall–Kier alpha value is -2.88. The van der Waals surface area contributed by atoms with Gasteiger partial charge in [-0.25, -0.2) is 9.97 Å². The first-order chi connectivity index (χ1) is 15.7. The average molecular weight is 464 g/mol. The highest BCUT2D eigenvalue weighted by Gasteiger charge is 2.38. The molecule has 1 amide bonds. The van der Waals surface area contributed by atoms with E-state index >= 15 is 0 Å². The summed E-state index contributed by atoms with van der Waals surface area (Å²) in [7, 11) is 1.66. The number of aliphatic hydroxyl groups is 1. The molecular formula is C23H28F3N5O2. The monoisotopic (exact) mass is 463 g/mol. The maximum atomic E-state index is 13.5. The standard InChI is InChI=1S/C23H28F3N5O2/c1-15-27-12-14-30(15)19-10-5-9-18(21(19)33)29(2)20(32)11-6-13-31-17-8-4-3-7-16(17)28-22(31)23(24,25)26/h3-4,7-8,12,14,18-19,21,33H,5-6,9-11,13H2,1-2H3/t18-,19-,21-/m1/s1. The van der Waals surface area contributed by atoms with E-state index < -0.39 is 18.1 Å². The number of likely N-dealkylation sites (N-methyl/N-ethyl adjacent to an activating group) is 1. The Bertz CT molecular complexity index is 1120. The highest BCUT2D eigenvalue weighted by Crippen LogP contribution is 2.33. The topological polar surface area (TPSA) is 76.2 Å². The third kappa shape index (κ3) is 4.62. The largest absolute Gasteiger partial charge is 0.449 e. The SMILES string of the molecule is Cc1nccn1[C@@H]1CCC[C@@H](N(C)C(=O)CCCn2c(C(F)(F)F)nc3ccccc32)[C@H]1O. The Kier molecular flexibility index (Phi) is 6.47. The summed E-state index contributed by atoms with van der Waals surface area (Å²) in [5.41, 5.74) is 0.673. The number of aromatic nitrogens is 4. The van der Waals surface area contributed by atoms with Gasteiger partial charge in [-0.3, -0.25) is 4.79 Å². The molecule has 3 aromatic rings. The molecule has 0 bridgehead atoms. The number of benzene rings is 1. The summed E-state index contributed by atoms with van der Waals surface area (Å²) < 4.78 is 43.5. The van der Waals surface area contributed by atoms with Crippen LogP contribution in [0.3, 0.4) is 0 Å². The molecule has 10 heteroatoms. The fraction of sp³-hybridized carbons (Fsp3) is 0.522. The van der Waals surface area contributed by atoms with Gasteiger partial charge in [-0.1, -0.05) is 12.1 Å². The molecule has 0 saturated heterocycles. The number of nitrogens with zero attached hydrogens (tertiary/aromatic N) is 5. The minimum Gasteiger partial charge on any atom is -0.389 e. The Morgan fingerprint density at radius 1 is 1.27 bits per heavy atom. The van der Waals surface area contributed by atoms with Gasteiger partial charge in [0.15, 0.2) is 0 Å². The lowest BCUT2D eigenvalue weighted by Gasteiger charge is -2.40. The molecule has 0 aliphatic heterocycles.